The van der Waals surface area contributed by atoms with Crippen molar-refractivity contribution >= 4 is 32.7 Å². The molecule has 3 aromatic rings. The first-order valence-electron chi connectivity index (χ1n) is 12.4. The zero-order valence-corrected chi connectivity index (χ0v) is 21.8. The van der Waals surface area contributed by atoms with Crippen LogP contribution in [0.25, 0.3) is 11.1 Å². The predicted octanol–water partition coefficient (Wildman–Crippen LogP) is 2.50. The van der Waals surface area contributed by atoms with Crippen molar-refractivity contribution in [1.29, 1.82) is 0 Å². The molecule has 1 aromatic heterocycles. The summed E-state index contributed by atoms with van der Waals surface area (Å²) in [5, 5.41) is 0. The van der Waals surface area contributed by atoms with E-state index >= 15 is 0 Å². The number of piperazine rings is 1. The monoisotopic (exact) mass is 512 g/mol. The van der Waals surface area contributed by atoms with Crippen LogP contribution in [0.15, 0.2) is 50.5 Å². The number of carbonyl (C=O) groups excluding carboxylic acids is 1. The Balaban J connectivity index is 1.27. The number of fused-ring (bicyclic) bond motifs is 1. The van der Waals surface area contributed by atoms with Crippen molar-refractivity contribution in [3.8, 4) is 0 Å². The van der Waals surface area contributed by atoms with E-state index in [1.165, 1.54) is 37.8 Å². The molecule has 0 unspecified atom stereocenters. The molecule has 0 bridgehead atoms. The number of carbonyl (C=O) groups is 1. The number of amides is 1. The van der Waals surface area contributed by atoms with Crippen LogP contribution in [-0.4, -0.2) is 67.4 Å². The van der Waals surface area contributed by atoms with Crippen LogP contribution >= 0.6 is 0 Å². The van der Waals surface area contributed by atoms with Crippen LogP contribution in [0.1, 0.15) is 24.0 Å². The van der Waals surface area contributed by atoms with Gasteiger partial charge in [0.25, 0.3) is 0 Å². The molecule has 2 fully saturated rings. The maximum atomic E-state index is 13.4. The molecule has 2 saturated heterocycles. The molecule has 2 aliphatic rings. The molecule has 192 valence electrons. The van der Waals surface area contributed by atoms with Crippen molar-refractivity contribution in [3.05, 3.63) is 58.1 Å². The van der Waals surface area contributed by atoms with E-state index < -0.39 is 15.8 Å². The highest BCUT2D eigenvalue weighted by atomic mass is 32.2. The predicted molar refractivity (Wildman–Crippen MR) is 138 cm³/mol. The number of piperidine rings is 1. The lowest BCUT2D eigenvalue weighted by molar-refractivity contribution is -0.137. The molecule has 0 saturated carbocycles. The fraction of sp³-hybridized carbons (Fsp3) is 0.462. The van der Waals surface area contributed by atoms with Gasteiger partial charge in [0.05, 0.1) is 16.3 Å². The van der Waals surface area contributed by atoms with Crippen molar-refractivity contribution in [2.24, 2.45) is 13.0 Å². The first-order chi connectivity index (χ1) is 17.1. The Morgan fingerprint density at radius 1 is 1.00 bits per heavy atom. The molecule has 3 heterocycles. The molecule has 9 nitrogen and oxygen atoms in total. The van der Waals surface area contributed by atoms with Gasteiger partial charge in [0.1, 0.15) is 0 Å². The molecule has 36 heavy (non-hydrogen) atoms. The second kappa shape index (κ2) is 9.40. The Morgan fingerprint density at radius 2 is 1.75 bits per heavy atom. The van der Waals surface area contributed by atoms with Crippen LogP contribution in [0, 0.1) is 19.8 Å². The Hall–Kier alpha value is -3.11. The van der Waals surface area contributed by atoms with E-state index in [-0.39, 0.29) is 28.8 Å². The van der Waals surface area contributed by atoms with E-state index in [9.17, 15) is 18.0 Å². The van der Waals surface area contributed by atoms with Crippen molar-refractivity contribution in [3.63, 3.8) is 0 Å². The van der Waals surface area contributed by atoms with Crippen LogP contribution < -0.4 is 10.7 Å². The van der Waals surface area contributed by atoms with Gasteiger partial charge in [-0.05, 0) is 56.0 Å². The summed E-state index contributed by atoms with van der Waals surface area (Å²) >= 11 is 0. The number of anilines is 1. The number of aromatic nitrogens is 1. The molecule has 2 aliphatic heterocycles. The van der Waals surface area contributed by atoms with Crippen LogP contribution in [0.4, 0.5) is 5.69 Å². The molecule has 1 atom stereocenters. The molecule has 0 aliphatic carbocycles. The molecule has 5 rings (SSSR count). The highest BCUT2D eigenvalue weighted by Crippen LogP contribution is 2.28. The minimum Gasteiger partial charge on any atom is -0.408 e. The SMILES string of the molecule is Cc1ccc(C)c(N2CCN(C(=O)[C@H]3CCCN(S(=O)(=O)c4ccc5c(c4)oc(=O)n5C)C3)CC2)c1. The van der Waals surface area contributed by atoms with Gasteiger partial charge in [0, 0.05) is 58.1 Å². The summed E-state index contributed by atoms with van der Waals surface area (Å²) < 4.78 is 34.7. The van der Waals surface area contributed by atoms with Crippen LogP contribution in [0.3, 0.4) is 0 Å². The second-order valence-electron chi connectivity index (χ2n) is 9.86. The van der Waals surface area contributed by atoms with E-state index in [2.05, 4.69) is 36.9 Å². The van der Waals surface area contributed by atoms with Crippen molar-refractivity contribution in [2.45, 2.75) is 31.6 Å². The summed E-state index contributed by atoms with van der Waals surface area (Å²) in [7, 11) is -2.25. The Kier molecular flexibility index (Phi) is 6.42. The van der Waals surface area contributed by atoms with E-state index in [0.29, 0.717) is 38.0 Å². The number of oxazole rings is 1. The third kappa shape index (κ3) is 4.43. The van der Waals surface area contributed by atoms with Gasteiger partial charge in [-0.3, -0.25) is 9.36 Å². The quantitative estimate of drug-likeness (QED) is 0.533. The first-order valence-corrected chi connectivity index (χ1v) is 13.8. The molecule has 1 amide bonds. The normalized spacial score (nSPS) is 19.7. The van der Waals surface area contributed by atoms with Crippen LogP contribution in [0.5, 0.6) is 0 Å². The van der Waals surface area contributed by atoms with Gasteiger partial charge in [0.2, 0.25) is 15.9 Å². The number of rotatable bonds is 4. The molecule has 0 N–H and O–H groups in total. The van der Waals surface area contributed by atoms with E-state index in [1.807, 2.05) is 4.90 Å². The van der Waals surface area contributed by atoms with Gasteiger partial charge in [-0.2, -0.15) is 4.31 Å². The summed E-state index contributed by atoms with van der Waals surface area (Å²) in [4.78, 5) is 29.4. The van der Waals surface area contributed by atoms with Gasteiger partial charge >= 0.3 is 5.76 Å². The number of nitrogens with zero attached hydrogens (tertiary/aromatic N) is 4. The smallest absolute Gasteiger partial charge is 0.408 e. The minimum absolute atomic E-state index is 0.0278. The maximum absolute atomic E-state index is 13.4. The molecule has 10 heteroatoms. The second-order valence-corrected chi connectivity index (χ2v) is 11.8. The average molecular weight is 513 g/mol. The van der Waals surface area contributed by atoms with E-state index in [0.717, 1.165) is 13.1 Å². The molecule has 0 spiro atoms. The number of sulfonamides is 1. The largest absolute Gasteiger partial charge is 0.419 e. The lowest BCUT2D eigenvalue weighted by atomic mass is 9.97. The lowest BCUT2D eigenvalue weighted by Gasteiger charge is -2.40. The van der Waals surface area contributed by atoms with E-state index in [1.54, 1.807) is 13.1 Å². The average Bonchev–Trinajstić information content (AvgIpc) is 3.17. The van der Waals surface area contributed by atoms with Gasteiger partial charge in [-0.25, -0.2) is 13.2 Å². The zero-order valence-electron chi connectivity index (χ0n) is 20.9. The fourth-order valence-corrected chi connectivity index (χ4v) is 6.81. The first kappa shape index (κ1) is 24.6. The Morgan fingerprint density at radius 3 is 2.50 bits per heavy atom. The van der Waals surface area contributed by atoms with Crippen molar-refractivity contribution in [2.75, 3.05) is 44.2 Å². The highest BCUT2D eigenvalue weighted by Gasteiger charge is 2.36. The molecular formula is C26H32N4O5S. The van der Waals surface area contributed by atoms with Gasteiger partial charge in [-0.1, -0.05) is 12.1 Å². The third-order valence-electron chi connectivity index (χ3n) is 7.43. The summed E-state index contributed by atoms with van der Waals surface area (Å²) in [6.07, 6.45) is 1.30. The number of hydrogen-bond acceptors (Lipinski definition) is 6. The minimum atomic E-state index is -3.82. The van der Waals surface area contributed by atoms with Crippen molar-refractivity contribution < 1.29 is 17.6 Å². The number of hydrogen-bond donors (Lipinski definition) is 0. The summed E-state index contributed by atoms with van der Waals surface area (Å²) in [6.45, 7) is 7.48. The maximum Gasteiger partial charge on any atom is 0.419 e. The fourth-order valence-electron chi connectivity index (χ4n) is 5.27. The van der Waals surface area contributed by atoms with Gasteiger partial charge < -0.3 is 14.2 Å². The van der Waals surface area contributed by atoms with Crippen LogP contribution in [-0.2, 0) is 21.9 Å². The molecule has 0 radical (unpaired) electrons. The Labute approximate surface area is 210 Å². The van der Waals surface area contributed by atoms with Crippen LogP contribution in [0.2, 0.25) is 0 Å². The lowest BCUT2D eigenvalue weighted by Crippen LogP contribution is -2.53. The molecular weight excluding hydrogens is 480 g/mol. The third-order valence-corrected chi connectivity index (χ3v) is 9.29. The summed E-state index contributed by atoms with van der Waals surface area (Å²) in [5.41, 5.74) is 4.41. The summed E-state index contributed by atoms with van der Waals surface area (Å²) in [5.74, 6) is -0.875. The number of benzene rings is 2. The Bertz CT molecular complexity index is 1470. The standard InChI is InChI=1S/C26H32N4O5S/c1-18-6-7-19(2)23(15-18)28-11-13-29(14-12-28)25(31)20-5-4-10-30(17-20)36(33,34)21-8-9-22-24(16-21)35-26(32)27(22)3/h6-9,15-16,20H,4-5,10-14,17H2,1-3H3/t20-/m0/s1. The molecule has 2 aromatic carbocycles. The zero-order chi connectivity index (χ0) is 25.6. The van der Waals surface area contributed by atoms with E-state index in [4.69, 9.17) is 4.42 Å². The van der Waals surface area contributed by atoms with Crippen molar-refractivity contribution in [1.82, 2.24) is 13.8 Å². The highest BCUT2D eigenvalue weighted by molar-refractivity contribution is 7.89. The van der Waals surface area contributed by atoms with Gasteiger partial charge in [-0.15, -0.1) is 0 Å². The number of aryl methyl sites for hydroxylation is 3. The topological polar surface area (TPSA) is 96.1 Å². The van der Waals surface area contributed by atoms with Gasteiger partial charge in [0.15, 0.2) is 5.58 Å². The summed E-state index contributed by atoms with van der Waals surface area (Å²) in [6, 6.07) is 10.9.